The van der Waals surface area contributed by atoms with Crippen molar-refractivity contribution in [3.05, 3.63) is 54.4 Å². The number of tetrazole rings is 1. The highest BCUT2D eigenvalue weighted by Crippen LogP contribution is 2.33. The van der Waals surface area contributed by atoms with Gasteiger partial charge in [0.2, 0.25) is 6.10 Å². The van der Waals surface area contributed by atoms with Crippen LogP contribution in [0, 0.1) is 0 Å². The molecule has 2 heterocycles. The molecule has 0 saturated heterocycles. The number of para-hydroxylation sites is 2. The minimum Gasteiger partial charge on any atom is -0.482 e. The van der Waals surface area contributed by atoms with Crippen LogP contribution in [-0.2, 0) is 4.79 Å². The minimum atomic E-state index is -0.787. The number of carbonyl (C=O) groups is 2. The molecule has 0 radical (unpaired) electrons. The predicted octanol–water partition coefficient (Wildman–Crippen LogP) is 0.928. The van der Waals surface area contributed by atoms with E-state index in [1.165, 1.54) is 4.80 Å². The number of hydrogen-bond donors (Lipinski definition) is 2. The molecular formula is C18H16N6O4. The highest BCUT2D eigenvalue weighted by molar-refractivity contribution is 5.95. The van der Waals surface area contributed by atoms with E-state index in [0.29, 0.717) is 22.9 Å². The number of nitrogens with zero attached hydrogens (tertiary/aromatic N) is 4. The van der Waals surface area contributed by atoms with E-state index in [4.69, 9.17) is 15.2 Å². The van der Waals surface area contributed by atoms with Crippen molar-refractivity contribution in [3.63, 3.8) is 0 Å². The van der Waals surface area contributed by atoms with Crippen molar-refractivity contribution in [2.45, 2.75) is 19.1 Å². The van der Waals surface area contributed by atoms with Crippen LogP contribution in [0.5, 0.6) is 11.5 Å². The topological polar surface area (TPSA) is 134 Å². The summed E-state index contributed by atoms with van der Waals surface area (Å²) >= 11 is 0. The molecule has 3 aromatic rings. The Bertz CT molecular complexity index is 1030. The summed E-state index contributed by atoms with van der Waals surface area (Å²) in [5.41, 5.74) is 6.22. The number of amides is 2. The Morgan fingerprint density at radius 1 is 1.07 bits per heavy atom. The smallest absolute Gasteiger partial charge is 0.290 e. The van der Waals surface area contributed by atoms with Crippen molar-refractivity contribution >= 4 is 17.5 Å². The normalized spacial score (nSPS) is 17.8. The first kappa shape index (κ1) is 17.5. The van der Waals surface area contributed by atoms with E-state index in [0.717, 1.165) is 0 Å². The van der Waals surface area contributed by atoms with E-state index >= 15 is 0 Å². The lowest BCUT2D eigenvalue weighted by atomic mass is 10.1. The monoisotopic (exact) mass is 380 g/mol. The number of rotatable bonds is 4. The third-order valence-electron chi connectivity index (χ3n) is 4.10. The summed E-state index contributed by atoms with van der Waals surface area (Å²) in [6.45, 7) is 1.77. The van der Waals surface area contributed by atoms with Gasteiger partial charge in [-0.15, -0.1) is 15.0 Å². The molecule has 2 amide bonds. The summed E-state index contributed by atoms with van der Waals surface area (Å²) in [4.78, 5) is 24.8. The molecule has 2 aromatic carbocycles. The highest BCUT2D eigenvalue weighted by atomic mass is 16.6. The van der Waals surface area contributed by atoms with Gasteiger partial charge in [0, 0.05) is 5.69 Å². The van der Waals surface area contributed by atoms with Crippen LogP contribution < -0.4 is 20.5 Å². The predicted molar refractivity (Wildman–Crippen MR) is 97.2 cm³/mol. The van der Waals surface area contributed by atoms with Gasteiger partial charge in [-0.1, -0.05) is 12.1 Å². The molecule has 142 valence electrons. The third-order valence-corrected chi connectivity index (χ3v) is 4.10. The first-order chi connectivity index (χ1) is 13.5. The quantitative estimate of drug-likeness (QED) is 0.687. The van der Waals surface area contributed by atoms with Gasteiger partial charge in [-0.2, -0.15) is 0 Å². The Balaban J connectivity index is 1.45. The van der Waals surface area contributed by atoms with Gasteiger partial charge in [0.05, 0.1) is 5.69 Å². The van der Waals surface area contributed by atoms with Crippen LogP contribution in [0.3, 0.4) is 0 Å². The van der Waals surface area contributed by atoms with Gasteiger partial charge in [0.1, 0.15) is 6.10 Å². The lowest BCUT2D eigenvalue weighted by Crippen LogP contribution is -2.46. The number of hydrogen-bond acceptors (Lipinski definition) is 7. The number of nitrogens with one attached hydrogen (secondary N) is 1. The zero-order valence-corrected chi connectivity index (χ0v) is 14.8. The number of ether oxygens (including phenoxy) is 2. The number of benzene rings is 2. The third kappa shape index (κ3) is 3.34. The molecule has 0 unspecified atom stereocenters. The number of nitrogens with two attached hydrogens (primary N) is 1. The maximum Gasteiger partial charge on any atom is 0.290 e. The van der Waals surface area contributed by atoms with Crippen LogP contribution in [0.1, 0.15) is 17.5 Å². The van der Waals surface area contributed by atoms with Gasteiger partial charge in [-0.25, -0.2) is 0 Å². The Morgan fingerprint density at radius 2 is 1.75 bits per heavy atom. The fraction of sp³-hybridized carbons (Fsp3) is 0.167. The van der Waals surface area contributed by atoms with Gasteiger partial charge in [0.15, 0.2) is 11.5 Å². The molecule has 0 fully saturated rings. The Labute approximate surface area is 159 Å². The number of carbonyl (C=O) groups excluding carboxylic acids is 2. The number of primary amides is 1. The maximum atomic E-state index is 12.6. The second-order valence-electron chi connectivity index (χ2n) is 6.11. The van der Waals surface area contributed by atoms with E-state index in [1.54, 1.807) is 43.3 Å². The summed E-state index contributed by atoms with van der Waals surface area (Å²) < 4.78 is 11.5. The van der Waals surface area contributed by atoms with Crippen LogP contribution in [0.15, 0.2) is 48.5 Å². The minimum absolute atomic E-state index is 0.180. The van der Waals surface area contributed by atoms with Crippen molar-refractivity contribution in [3.8, 4) is 17.2 Å². The van der Waals surface area contributed by atoms with E-state index in [-0.39, 0.29) is 11.7 Å². The lowest BCUT2D eigenvalue weighted by molar-refractivity contribution is -0.128. The first-order valence-corrected chi connectivity index (χ1v) is 8.45. The Kier molecular flexibility index (Phi) is 4.36. The molecule has 1 aliphatic rings. The van der Waals surface area contributed by atoms with Gasteiger partial charge in [-0.3, -0.25) is 9.59 Å². The fourth-order valence-corrected chi connectivity index (χ4v) is 2.72. The van der Waals surface area contributed by atoms with Crippen molar-refractivity contribution in [1.29, 1.82) is 0 Å². The first-order valence-electron chi connectivity index (χ1n) is 8.45. The SMILES string of the molecule is C[C@H]1Oc2ccccc2O[C@H]1C(=O)Nc1ccc(-n2nnc(C(N)=O)n2)cc1. The molecule has 0 bridgehead atoms. The Morgan fingerprint density at radius 3 is 2.39 bits per heavy atom. The standard InChI is InChI=1S/C18H16N6O4/c1-10-15(28-14-5-3-2-4-13(14)27-10)18(26)20-11-6-8-12(9-7-11)24-22-17(16(19)25)21-23-24/h2-10,15H,1H3,(H2,19,25)(H,20,26)/t10-,15-/m1/s1. The molecule has 0 saturated carbocycles. The van der Waals surface area contributed by atoms with Crippen molar-refractivity contribution < 1.29 is 19.1 Å². The zero-order chi connectivity index (χ0) is 19.7. The second kappa shape index (κ2) is 6.99. The van der Waals surface area contributed by atoms with Crippen LogP contribution in [0.4, 0.5) is 5.69 Å². The average molecular weight is 380 g/mol. The van der Waals surface area contributed by atoms with Gasteiger partial charge >= 0.3 is 0 Å². The average Bonchev–Trinajstić information content (AvgIpc) is 3.18. The summed E-state index contributed by atoms with van der Waals surface area (Å²) in [7, 11) is 0. The maximum absolute atomic E-state index is 12.6. The molecule has 1 aliphatic heterocycles. The van der Waals surface area contributed by atoms with Crippen molar-refractivity contribution in [2.75, 3.05) is 5.32 Å². The van der Waals surface area contributed by atoms with Crippen molar-refractivity contribution in [2.24, 2.45) is 5.73 Å². The Hall–Kier alpha value is -3.95. The molecule has 10 heteroatoms. The van der Waals surface area contributed by atoms with Gasteiger partial charge in [-0.05, 0) is 48.5 Å². The summed E-state index contributed by atoms with van der Waals surface area (Å²) in [6.07, 6.45) is -1.23. The molecule has 2 atom stereocenters. The molecule has 28 heavy (non-hydrogen) atoms. The zero-order valence-electron chi connectivity index (χ0n) is 14.8. The molecule has 0 spiro atoms. The van der Waals surface area contributed by atoms with Crippen LogP contribution >= 0.6 is 0 Å². The molecular weight excluding hydrogens is 364 g/mol. The number of fused-ring (bicyclic) bond motifs is 1. The lowest BCUT2D eigenvalue weighted by Gasteiger charge is -2.31. The van der Waals surface area contributed by atoms with E-state index in [1.807, 2.05) is 12.1 Å². The summed E-state index contributed by atoms with van der Waals surface area (Å²) in [5, 5.41) is 14.0. The van der Waals surface area contributed by atoms with Crippen LogP contribution in [-0.4, -0.2) is 44.2 Å². The van der Waals surface area contributed by atoms with Crippen LogP contribution in [0.25, 0.3) is 5.69 Å². The largest absolute Gasteiger partial charge is 0.482 e. The summed E-state index contributed by atoms with van der Waals surface area (Å²) in [6, 6.07) is 13.9. The summed E-state index contributed by atoms with van der Waals surface area (Å²) in [5.74, 6) is -0.135. The van der Waals surface area contributed by atoms with E-state index in [9.17, 15) is 9.59 Å². The molecule has 10 nitrogen and oxygen atoms in total. The molecule has 0 aliphatic carbocycles. The van der Waals surface area contributed by atoms with E-state index in [2.05, 4.69) is 20.7 Å². The molecule has 1 aromatic heterocycles. The van der Waals surface area contributed by atoms with Crippen LogP contribution in [0.2, 0.25) is 0 Å². The second-order valence-corrected chi connectivity index (χ2v) is 6.11. The van der Waals surface area contributed by atoms with E-state index < -0.39 is 18.1 Å². The highest BCUT2D eigenvalue weighted by Gasteiger charge is 2.34. The molecule has 3 N–H and O–H groups in total. The van der Waals surface area contributed by atoms with Gasteiger partial charge < -0.3 is 20.5 Å². The van der Waals surface area contributed by atoms with Crippen molar-refractivity contribution in [1.82, 2.24) is 20.2 Å². The molecule has 4 rings (SSSR count). The number of anilines is 1. The van der Waals surface area contributed by atoms with Gasteiger partial charge in [0.25, 0.3) is 17.6 Å². The fourth-order valence-electron chi connectivity index (χ4n) is 2.72. The number of aromatic nitrogens is 4.